The van der Waals surface area contributed by atoms with E-state index in [4.69, 9.17) is 4.98 Å². The van der Waals surface area contributed by atoms with Gasteiger partial charge in [0.2, 0.25) is 0 Å². The lowest BCUT2D eigenvalue weighted by Crippen LogP contribution is -2.36. The molecule has 0 spiro atoms. The molecule has 8 aliphatic heterocycles. The maximum absolute atomic E-state index is 4.95. The highest BCUT2D eigenvalue weighted by Crippen LogP contribution is 2.55. The Hall–Kier alpha value is -11.2. The van der Waals surface area contributed by atoms with Crippen molar-refractivity contribution in [2.75, 3.05) is 46.2 Å². The summed E-state index contributed by atoms with van der Waals surface area (Å²) in [6, 6.07) is 54.9. The van der Waals surface area contributed by atoms with Crippen LogP contribution in [0.25, 0.3) is 11.4 Å². The molecule has 8 aliphatic rings. The van der Waals surface area contributed by atoms with Crippen LogP contribution in [-0.4, -0.2) is 81.6 Å². The maximum Gasteiger partial charge on any atom is 0.162 e. The van der Waals surface area contributed by atoms with E-state index in [9.17, 15) is 0 Å². The Morgan fingerprint density at radius 1 is 0.360 bits per heavy atom. The van der Waals surface area contributed by atoms with E-state index in [0.29, 0.717) is 6.17 Å². The van der Waals surface area contributed by atoms with Gasteiger partial charge in [0.25, 0.3) is 0 Å². The van der Waals surface area contributed by atoms with Crippen LogP contribution < -0.4 is 39.2 Å². The quantitative estimate of drug-likeness (QED) is 0.164. The van der Waals surface area contributed by atoms with Crippen molar-refractivity contribution >= 4 is 96.5 Å². The topological polar surface area (TPSA) is 155 Å². The largest absolute Gasteiger partial charge is 0.349 e. The Kier molecular flexibility index (Phi) is 12.5. The van der Waals surface area contributed by atoms with Gasteiger partial charge in [-0.3, -0.25) is 14.9 Å². The summed E-state index contributed by atoms with van der Waals surface area (Å²) < 4.78 is 0. The number of thiophene rings is 1. The Balaban J connectivity index is 0.0000000918. The molecular weight excluding hydrogens is 1120 g/mol. The first-order chi connectivity index (χ1) is 44.0. The summed E-state index contributed by atoms with van der Waals surface area (Å²) in [6.07, 6.45) is 24.8. The van der Waals surface area contributed by atoms with Gasteiger partial charge in [-0.05, 0) is 101 Å². The van der Waals surface area contributed by atoms with Crippen molar-refractivity contribution in [3.63, 3.8) is 0 Å². The standard InChI is InChI=1S/C20H18N4.2C17H13N5.C16H12N4S/c1-13-7-3-5-9-15(13)19-21-12-17-20(22-19)24-16-10-6-4-8-14(16)11-18(24)23(17)2;1-2-6-14-12(4-1)8-16-21(13-5-3-7-18-9-13)17-15(22(14)16)10-19-11-20-17;1-2-4-14-12(3-1)9-16-21(13-5-7-18-8-6-13)17-15(22(14)16)10-19-11-20-17;1-2-5-12-11(4-1)8-14-19(12)13-9-17-10-18-16(13)20(14)15-6-3-7-21-15/h3-10,12,18H,11H2,1-2H3;1-7,9-11,16H,8H2;1-8,10-11,16H,9H2;1-7,9-10,14H,8H2. The molecule has 5 aromatic carbocycles. The highest BCUT2D eigenvalue weighted by Gasteiger charge is 2.47. The minimum absolute atomic E-state index is 0.202. The molecule has 0 fully saturated rings. The lowest BCUT2D eigenvalue weighted by atomic mass is 10.1. The second-order valence-electron chi connectivity index (χ2n) is 22.7. The Morgan fingerprint density at radius 2 is 0.854 bits per heavy atom. The lowest BCUT2D eigenvalue weighted by molar-refractivity contribution is 0.701. The second-order valence-corrected chi connectivity index (χ2v) is 23.7. The summed E-state index contributed by atoms with van der Waals surface area (Å²) in [7, 11) is 2.13. The number of pyridine rings is 2. The molecule has 0 saturated heterocycles. The first-order valence-corrected chi connectivity index (χ1v) is 30.7. The third kappa shape index (κ3) is 8.51. The highest BCUT2D eigenvalue weighted by molar-refractivity contribution is 7.14. The molecule has 15 heterocycles. The first kappa shape index (κ1) is 52.2. The zero-order chi connectivity index (χ0) is 59.1. The van der Waals surface area contributed by atoms with Crippen LogP contribution in [0.5, 0.6) is 0 Å². The molecule has 0 radical (unpaired) electrons. The molecule has 4 unspecified atom stereocenters. The highest BCUT2D eigenvalue weighted by atomic mass is 32.1. The Labute approximate surface area is 518 Å². The summed E-state index contributed by atoms with van der Waals surface area (Å²) in [6.45, 7) is 2.10. The molecule has 0 amide bonds. The van der Waals surface area contributed by atoms with E-state index in [-0.39, 0.29) is 18.5 Å². The molecule has 19 heteroatoms. The molecule has 0 N–H and O–H groups in total. The average molecular weight is 1180 g/mol. The number of fused-ring (bicyclic) bond motifs is 20. The van der Waals surface area contributed by atoms with E-state index in [1.807, 2.05) is 73.7 Å². The van der Waals surface area contributed by atoms with Gasteiger partial charge in [0, 0.05) is 85.3 Å². The zero-order valence-electron chi connectivity index (χ0n) is 48.5. The molecule has 18 nitrogen and oxygen atoms in total. The van der Waals surface area contributed by atoms with E-state index >= 15 is 0 Å². The van der Waals surface area contributed by atoms with Gasteiger partial charge in [-0.2, -0.15) is 0 Å². The molecule has 0 aliphatic carbocycles. The van der Waals surface area contributed by atoms with Crippen molar-refractivity contribution in [2.24, 2.45) is 0 Å². The molecule has 89 heavy (non-hydrogen) atoms. The Bertz CT molecular complexity index is 4460. The normalized spacial score (nSPS) is 18.1. The number of aryl methyl sites for hydroxylation is 1. The molecular formula is C70H56N18S. The van der Waals surface area contributed by atoms with Crippen molar-refractivity contribution < 1.29 is 0 Å². The van der Waals surface area contributed by atoms with Crippen molar-refractivity contribution in [2.45, 2.75) is 57.3 Å². The van der Waals surface area contributed by atoms with Crippen LogP contribution in [0.2, 0.25) is 0 Å². The number of hydrogen-bond acceptors (Lipinski definition) is 19. The molecule has 4 atom stereocenters. The molecule has 20 rings (SSSR count). The van der Waals surface area contributed by atoms with Gasteiger partial charge in [0.05, 0.1) is 41.7 Å². The fourth-order valence-electron chi connectivity index (χ4n) is 14.1. The monoisotopic (exact) mass is 1180 g/mol. The first-order valence-electron chi connectivity index (χ1n) is 29.8. The van der Waals surface area contributed by atoms with Gasteiger partial charge in [-0.15, -0.1) is 11.3 Å². The van der Waals surface area contributed by atoms with Crippen LogP contribution in [0.3, 0.4) is 0 Å². The summed E-state index contributed by atoms with van der Waals surface area (Å²) in [4.78, 5) is 62.8. The summed E-state index contributed by atoms with van der Waals surface area (Å²) in [5, 5.41) is 3.34. The minimum Gasteiger partial charge on any atom is -0.349 e. The van der Waals surface area contributed by atoms with E-state index in [0.717, 1.165) is 94.5 Å². The lowest BCUT2D eigenvalue weighted by Gasteiger charge is -2.26. The number of likely N-dealkylation sites (N-methyl/N-ethyl adjacent to an activating group) is 1. The fraction of sp³-hybridized carbons (Fsp3) is 0.143. The van der Waals surface area contributed by atoms with Crippen molar-refractivity contribution in [1.82, 2.24) is 49.8 Å². The van der Waals surface area contributed by atoms with Gasteiger partial charge in [0.1, 0.15) is 66.4 Å². The maximum atomic E-state index is 4.95. The van der Waals surface area contributed by atoms with Gasteiger partial charge in [0.15, 0.2) is 29.1 Å². The molecule has 0 saturated carbocycles. The number of anilines is 15. The van der Waals surface area contributed by atoms with Gasteiger partial charge >= 0.3 is 0 Å². The number of benzene rings is 5. The number of para-hydroxylation sites is 4. The average Bonchev–Trinajstić information content (AvgIpc) is 1.66. The van der Waals surface area contributed by atoms with Crippen molar-refractivity contribution in [1.29, 1.82) is 0 Å². The summed E-state index contributed by atoms with van der Waals surface area (Å²) >= 11 is 1.75. The van der Waals surface area contributed by atoms with E-state index < -0.39 is 0 Å². The predicted octanol–water partition coefficient (Wildman–Crippen LogP) is 13.7. The third-order valence-electron chi connectivity index (χ3n) is 18.0. The van der Waals surface area contributed by atoms with Crippen LogP contribution in [-0.2, 0) is 25.7 Å². The number of rotatable bonds is 4. The van der Waals surface area contributed by atoms with Gasteiger partial charge < -0.3 is 34.3 Å². The molecule has 432 valence electrons. The third-order valence-corrected chi connectivity index (χ3v) is 18.8. The second kappa shape index (κ2) is 21.4. The molecule has 0 bridgehead atoms. The summed E-state index contributed by atoms with van der Waals surface area (Å²) in [5.74, 6) is 4.72. The molecule has 7 aromatic heterocycles. The number of nitrogens with zero attached hydrogens (tertiary/aromatic N) is 18. The van der Waals surface area contributed by atoms with Gasteiger partial charge in [-0.25, -0.2) is 39.9 Å². The SMILES string of the molecule is Cc1ccccc1-c1ncc2c(n1)N1c3ccccc3CC1N2C.c1ccc2c(c1)CC1N2c2cncnc2N1c1ccncc1.c1cncc(N2c3ncncc3N3c4ccccc4CC32)c1.c1csc(N2c3ncncc3N3c4ccccc4CC32)c1. The van der Waals surface area contributed by atoms with E-state index in [1.54, 1.807) is 36.5 Å². The van der Waals surface area contributed by atoms with Crippen LogP contribution in [0.4, 0.5) is 85.1 Å². The Morgan fingerprint density at radius 3 is 1.38 bits per heavy atom. The predicted molar refractivity (Wildman–Crippen MR) is 350 cm³/mol. The number of aromatic nitrogens is 10. The van der Waals surface area contributed by atoms with Gasteiger partial charge in [-0.1, -0.05) is 97.1 Å². The van der Waals surface area contributed by atoms with Crippen LogP contribution >= 0.6 is 11.3 Å². The zero-order valence-corrected chi connectivity index (χ0v) is 49.4. The summed E-state index contributed by atoms with van der Waals surface area (Å²) in [5.41, 5.74) is 19.3. The van der Waals surface area contributed by atoms with Crippen molar-refractivity contribution in [3.8, 4) is 11.4 Å². The van der Waals surface area contributed by atoms with E-state index in [2.05, 4.69) is 231 Å². The smallest absolute Gasteiger partial charge is 0.162 e. The molecule has 12 aromatic rings. The minimum atomic E-state index is 0.202. The number of hydrogen-bond donors (Lipinski definition) is 0. The van der Waals surface area contributed by atoms with Crippen molar-refractivity contribution in [3.05, 3.63) is 259 Å². The fourth-order valence-corrected chi connectivity index (χ4v) is 14.9. The van der Waals surface area contributed by atoms with E-state index in [1.165, 1.54) is 55.6 Å². The van der Waals surface area contributed by atoms with Crippen LogP contribution in [0.15, 0.2) is 232 Å². The van der Waals surface area contributed by atoms with Crippen LogP contribution in [0.1, 0.15) is 27.8 Å². The van der Waals surface area contributed by atoms with Crippen LogP contribution in [0, 0.1) is 6.92 Å².